The zero-order chi connectivity index (χ0) is 24.0. The Hall–Kier alpha value is -3.22. The average Bonchev–Trinajstić information content (AvgIpc) is 3.50. The maximum atomic E-state index is 12.9. The van der Waals surface area contributed by atoms with Gasteiger partial charge in [-0.1, -0.05) is 11.3 Å². The number of sulfonamides is 1. The van der Waals surface area contributed by atoms with E-state index in [1.807, 2.05) is 0 Å². The predicted octanol–water partition coefficient (Wildman–Crippen LogP) is 2.13. The van der Waals surface area contributed by atoms with Crippen LogP contribution in [0.15, 0.2) is 46.3 Å². The maximum Gasteiger partial charge on any atom is 0.325 e. The summed E-state index contributed by atoms with van der Waals surface area (Å²) in [5, 5.41) is 0. The first-order valence-corrected chi connectivity index (χ1v) is 12.7. The van der Waals surface area contributed by atoms with Crippen molar-refractivity contribution >= 4 is 43.5 Å². The van der Waals surface area contributed by atoms with Crippen LogP contribution >= 0.6 is 11.3 Å². The Morgan fingerprint density at radius 2 is 1.85 bits per heavy atom. The van der Waals surface area contributed by atoms with Crippen molar-refractivity contribution in [1.82, 2.24) is 8.87 Å². The van der Waals surface area contributed by atoms with Gasteiger partial charge in [-0.2, -0.15) is 9.30 Å². The highest BCUT2D eigenvalue weighted by Gasteiger charge is 2.35. The predicted molar refractivity (Wildman–Crippen MR) is 122 cm³/mol. The molecule has 1 aliphatic carbocycles. The van der Waals surface area contributed by atoms with E-state index in [0.717, 1.165) is 17.5 Å². The largest absolute Gasteiger partial charge is 0.468 e. The number of methoxy groups -OCH3 is 1. The number of fused-ring (bicyclic) bond motifs is 2. The van der Waals surface area contributed by atoms with Crippen molar-refractivity contribution < 1.29 is 32.2 Å². The third-order valence-corrected chi connectivity index (χ3v) is 8.69. The molecule has 10 nitrogen and oxygen atoms in total. The third kappa shape index (κ3) is 4.08. The molecule has 3 aromatic rings. The van der Waals surface area contributed by atoms with Gasteiger partial charge in [-0.25, -0.2) is 8.42 Å². The number of esters is 1. The molecule has 0 N–H and O–H groups in total. The van der Waals surface area contributed by atoms with Crippen LogP contribution in [0.5, 0.6) is 11.5 Å². The normalized spacial score (nSPS) is 15.8. The quantitative estimate of drug-likeness (QED) is 0.473. The number of amides is 1. The summed E-state index contributed by atoms with van der Waals surface area (Å²) in [6.07, 6.45) is 1.71. The molecule has 0 spiro atoms. The molecular formula is C22H21N3O7S2. The van der Waals surface area contributed by atoms with Gasteiger partial charge in [-0.3, -0.25) is 9.59 Å². The SMILES string of the molecule is COC(=O)Cn1c(=NC(=O)c2ccc(S(=O)(=O)N(C)C3CC3)cc2)sc2cc3c(cc21)OCO3. The number of hydrogen-bond donors (Lipinski definition) is 0. The summed E-state index contributed by atoms with van der Waals surface area (Å²) in [7, 11) is -0.762. The van der Waals surface area contributed by atoms with E-state index in [4.69, 9.17) is 14.2 Å². The highest BCUT2D eigenvalue weighted by Crippen LogP contribution is 2.37. The van der Waals surface area contributed by atoms with E-state index in [1.165, 1.54) is 47.0 Å². The maximum absolute atomic E-state index is 12.9. The first-order chi connectivity index (χ1) is 16.3. The summed E-state index contributed by atoms with van der Waals surface area (Å²) in [5.74, 6) is 0.0462. The number of aromatic nitrogens is 1. The summed E-state index contributed by atoms with van der Waals surface area (Å²) in [4.78, 5) is 29.6. The molecule has 1 aliphatic heterocycles. The number of carbonyl (C=O) groups is 2. The van der Waals surface area contributed by atoms with E-state index >= 15 is 0 Å². The first kappa shape index (κ1) is 22.6. The molecule has 1 aromatic heterocycles. The number of ether oxygens (including phenoxy) is 3. The van der Waals surface area contributed by atoms with E-state index in [2.05, 4.69) is 4.99 Å². The van der Waals surface area contributed by atoms with Crippen molar-refractivity contribution in [3.05, 3.63) is 46.8 Å². The minimum atomic E-state index is -3.61. The number of nitrogens with zero attached hydrogens (tertiary/aromatic N) is 3. The van der Waals surface area contributed by atoms with Crippen LogP contribution in [-0.2, 0) is 26.1 Å². The molecule has 0 unspecified atom stereocenters. The van der Waals surface area contributed by atoms with Gasteiger partial charge in [0.15, 0.2) is 16.3 Å². The standard InChI is InChI=1S/C22H21N3O7S2/c1-24(14-5-6-14)34(28,29)15-7-3-13(4-8-15)21(27)23-22-25(11-20(26)30-2)16-9-17-18(32-12-31-17)10-19(16)33-22/h3-4,7-10,14H,5-6,11-12H2,1-2H3. The fourth-order valence-electron chi connectivity index (χ4n) is 3.61. The Morgan fingerprint density at radius 3 is 2.50 bits per heavy atom. The zero-order valence-electron chi connectivity index (χ0n) is 18.4. The molecule has 2 aliphatic rings. The highest BCUT2D eigenvalue weighted by atomic mass is 32.2. The van der Waals surface area contributed by atoms with E-state index < -0.39 is 21.9 Å². The molecule has 2 aromatic carbocycles. The van der Waals surface area contributed by atoms with E-state index in [0.29, 0.717) is 21.8 Å². The van der Waals surface area contributed by atoms with Crippen molar-refractivity contribution in [2.45, 2.75) is 30.3 Å². The Bertz CT molecular complexity index is 1470. The van der Waals surface area contributed by atoms with Crippen LogP contribution < -0.4 is 14.3 Å². The lowest BCUT2D eigenvalue weighted by molar-refractivity contribution is -0.141. The molecular weight excluding hydrogens is 482 g/mol. The van der Waals surface area contributed by atoms with Crippen molar-refractivity contribution in [3.63, 3.8) is 0 Å². The minimum absolute atomic E-state index is 0.0386. The van der Waals surface area contributed by atoms with Crippen LogP contribution in [0.1, 0.15) is 23.2 Å². The Balaban J connectivity index is 1.50. The van der Waals surface area contributed by atoms with Gasteiger partial charge in [0.1, 0.15) is 6.54 Å². The summed E-state index contributed by atoms with van der Waals surface area (Å²) in [6, 6.07) is 9.23. The Kier molecular flexibility index (Phi) is 5.66. The Morgan fingerprint density at radius 1 is 1.18 bits per heavy atom. The molecule has 1 fully saturated rings. The number of rotatable bonds is 6. The van der Waals surface area contributed by atoms with Crippen LogP contribution in [0, 0.1) is 0 Å². The average molecular weight is 504 g/mol. The molecule has 0 bridgehead atoms. The number of benzene rings is 2. The second-order valence-corrected chi connectivity index (χ2v) is 10.9. The lowest BCUT2D eigenvalue weighted by Gasteiger charge is -2.16. The molecule has 2 heterocycles. The number of hydrogen-bond acceptors (Lipinski definition) is 8. The second-order valence-electron chi connectivity index (χ2n) is 7.91. The van der Waals surface area contributed by atoms with Crippen molar-refractivity contribution in [2.75, 3.05) is 21.0 Å². The van der Waals surface area contributed by atoms with E-state index in [1.54, 1.807) is 23.7 Å². The molecule has 1 amide bonds. The van der Waals surface area contributed by atoms with E-state index in [-0.39, 0.29) is 29.8 Å². The van der Waals surface area contributed by atoms with Gasteiger partial charge in [0.2, 0.25) is 16.8 Å². The lowest BCUT2D eigenvalue weighted by atomic mass is 10.2. The van der Waals surface area contributed by atoms with Crippen molar-refractivity contribution in [2.24, 2.45) is 4.99 Å². The van der Waals surface area contributed by atoms with Crippen LogP contribution in [-0.4, -0.2) is 56.2 Å². The van der Waals surface area contributed by atoms with E-state index in [9.17, 15) is 18.0 Å². The van der Waals surface area contributed by atoms with Gasteiger partial charge < -0.3 is 18.8 Å². The molecule has 5 rings (SSSR count). The van der Waals surface area contributed by atoms with Crippen molar-refractivity contribution in [1.29, 1.82) is 0 Å². The summed E-state index contributed by atoms with van der Waals surface area (Å²) in [6.45, 7) is -0.0333. The summed E-state index contributed by atoms with van der Waals surface area (Å²) in [5.41, 5.74) is 0.875. The topological polar surface area (TPSA) is 117 Å². The molecule has 34 heavy (non-hydrogen) atoms. The molecule has 1 saturated carbocycles. The first-order valence-electron chi connectivity index (χ1n) is 10.4. The monoisotopic (exact) mass is 503 g/mol. The van der Waals surface area contributed by atoms with Gasteiger partial charge in [0.25, 0.3) is 5.91 Å². The molecule has 0 atom stereocenters. The zero-order valence-corrected chi connectivity index (χ0v) is 20.0. The van der Waals surface area contributed by atoms with Gasteiger partial charge in [0, 0.05) is 30.8 Å². The molecule has 0 radical (unpaired) electrons. The van der Waals surface area contributed by atoms with Crippen LogP contribution in [0.2, 0.25) is 0 Å². The molecule has 0 saturated heterocycles. The van der Waals surface area contributed by atoms with Crippen LogP contribution in [0.3, 0.4) is 0 Å². The highest BCUT2D eigenvalue weighted by molar-refractivity contribution is 7.89. The Labute approximate surface area is 199 Å². The van der Waals surface area contributed by atoms with Gasteiger partial charge in [-0.15, -0.1) is 0 Å². The lowest BCUT2D eigenvalue weighted by Crippen LogP contribution is -2.28. The molecule has 12 heteroatoms. The smallest absolute Gasteiger partial charge is 0.325 e. The fraction of sp³-hybridized carbons (Fsp3) is 0.318. The summed E-state index contributed by atoms with van der Waals surface area (Å²) >= 11 is 1.22. The van der Waals surface area contributed by atoms with Gasteiger partial charge in [-0.05, 0) is 37.1 Å². The van der Waals surface area contributed by atoms with Crippen LogP contribution in [0.4, 0.5) is 0 Å². The van der Waals surface area contributed by atoms with Gasteiger partial charge >= 0.3 is 5.97 Å². The number of carbonyl (C=O) groups excluding carboxylic acids is 2. The fourth-order valence-corrected chi connectivity index (χ4v) is 6.07. The summed E-state index contributed by atoms with van der Waals surface area (Å²) < 4.78 is 44.7. The van der Waals surface area contributed by atoms with Gasteiger partial charge in [0.05, 0.1) is 22.2 Å². The van der Waals surface area contributed by atoms with Crippen molar-refractivity contribution in [3.8, 4) is 11.5 Å². The minimum Gasteiger partial charge on any atom is -0.468 e. The van der Waals surface area contributed by atoms with Crippen LogP contribution in [0.25, 0.3) is 10.2 Å². The number of thiazole rings is 1. The second kappa shape index (κ2) is 8.53. The molecule has 178 valence electrons. The third-order valence-electron chi connectivity index (χ3n) is 5.73.